The summed E-state index contributed by atoms with van der Waals surface area (Å²) in [7, 11) is 3.16. The highest BCUT2D eigenvalue weighted by molar-refractivity contribution is 5.95. The molecule has 4 rings (SSSR count). The smallest absolute Gasteiger partial charge is 0.254 e. The van der Waals surface area contributed by atoms with Crippen LogP contribution in [0.3, 0.4) is 0 Å². The molecule has 1 fully saturated rings. The van der Waals surface area contributed by atoms with E-state index < -0.39 is 0 Å². The molecule has 0 aliphatic carbocycles. The highest BCUT2D eigenvalue weighted by Gasteiger charge is 2.30. The van der Waals surface area contributed by atoms with E-state index in [0.29, 0.717) is 22.6 Å². The summed E-state index contributed by atoms with van der Waals surface area (Å²) in [5.74, 6) is 1.22. The molecule has 0 saturated carbocycles. The van der Waals surface area contributed by atoms with Gasteiger partial charge in [-0.15, -0.1) is 0 Å². The number of nitriles is 1. The van der Waals surface area contributed by atoms with Crippen LogP contribution < -0.4 is 9.47 Å². The molecule has 6 nitrogen and oxygen atoms in total. The van der Waals surface area contributed by atoms with Crippen LogP contribution >= 0.6 is 0 Å². The van der Waals surface area contributed by atoms with Gasteiger partial charge >= 0.3 is 0 Å². The number of aryl methyl sites for hydroxylation is 2. The summed E-state index contributed by atoms with van der Waals surface area (Å²) >= 11 is 0. The van der Waals surface area contributed by atoms with E-state index in [1.165, 1.54) is 11.3 Å². The van der Waals surface area contributed by atoms with E-state index in [1.807, 2.05) is 23.1 Å². The van der Waals surface area contributed by atoms with Crippen molar-refractivity contribution in [2.75, 3.05) is 20.8 Å². The molecule has 0 spiro atoms. The van der Waals surface area contributed by atoms with Crippen LogP contribution in [-0.4, -0.2) is 42.6 Å². The minimum absolute atomic E-state index is 0.0375. The number of fused-ring (bicyclic) bond motifs is 1. The molecule has 1 atom stereocenters. The molecule has 6 heteroatoms. The minimum Gasteiger partial charge on any atom is -0.493 e. The molecular formula is C25H27N3O3. The third kappa shape index (κ3) is 3.96. The monoisotopic (exact) mass is 417 g/mol. The summed E-state index contributed by atoms with van der Waals surface area (Å²) in [4.78, 5) is 18.7. The Labute approximate surface area is 182 Å². The van der Waals surface area contributed by atoms with Crippen LogP contribution in [0.4, 0.5) is 0 Å². The van der Waals surface area contributed by atoms with Crippen molar-refractivity contribution >= 4 is 16.8 Å². The summed E-state index contributed by atoms with van der Waals surface area (Å²) < 4.78 is 10.6. The van der Waals surface area contributed by atoms with E-state index in [2.05, 4.69) is 18.0 Å². The summed E-state index contributed by atoms with van der Waals surface area (Å²) in [6.45, 7) is 2.89. The first-order valence-corrected chi connectivity index (χ1v) is 10.6. The van der Waals surface area contributed by atoms with Gasteiger partial charge in [0.2, 0.25) is 0 Å². The Bertz CT molecular complexity index is 1160. The average molecular weight is 418 g/mol. The molecule has 2 aromatic carbocycles. The first-order chi connectivity index (χ1) is 15.0. The Kier molecular flexibility index (Phi) is 5.85. The largest absolute Gasteiger partial charge is 0.493 e. The molecule has 0 radical (unpaired) electrons. The van der Waals surface area contributed by atoms with Gasteiger partial charge in [0.05, 0.1) is 25.9 Å². The normalized spacial score (nSPS) is 15.8. The SMILES string of the molecule is COc1ccc(C(=O)N2CCC[C@H]2CCc2[nH]c3cc(C#N)ccc3c2C)cc1OC. The lowest BCUT2D eigenvalue weighted by atomic mass is 10.0. The summed E-state index contributed by atoms with van der Waals surface area (Å²) in [6, 6.07) is 13.5. The molecule has 1 amide bonds. The molecule has 0 unspecified atom stereocenters. The van der Waals surface area contributed by atoms with Crippen molar-refractivity contribution in [2.24, 2.45) is 0 Å². The van der Waals surface area contributed by atoms with Gasteiger partial charge in [-0.25, -0.2) is 0 Å². The van der Waals surface area contributed by atoms with Crippen LogP contribution in [0.15, 0.2) is 36.4 Å². The predicted molar refractivity (Wildman–Crippen MR) is 120 cm³/mol. The van der Waals surface area contributed by atoms with Gasteiger partial charge in [-0.1, -0.05) is 6.07 Å². The maximum absolute atomic E-state index is 13.2. The third-order valence-corrected chi connectivity index (χ3v) is 6.29. The van der Waals surface area contributed by atoms with Crippen molar-refractivity contribution in [2.45, 2.75) is 38.6 Å². The van der Waals surface area contributed by atoms with Crippen molar-refractivity contribution in [3.8, 4) is 17.6 Å². The van der Waals surface area contributed by atoms with Crippen LogP contribution in [0.1, 0.15) is 46.4 Å². The lowest BCUT2D eigenvalue weighted by Gasteiger charge is -2.25. The number of H-pyrrole nitrogens is 1. The van der Waals surface area contributed by atoms with Crippen molar-refractivity contribution in [3.05, 3.63) is 58.8 Å². The zero-order valence-electron chi connectivity index (χ0n) is 18.2. The second-order valence-electron chi connectivity index (χ2n) is 8.00. The number of hydrogen-bond acceptors (Lipinski definition) is 4. The fourth-order valence-electron chi connectivity index (χ4n) is 4.56. The average Bonchev–Trinajstić information content (AvgIpc) is 3.40. The molecule has 1 N–H and O–H groups in total. The van der Waals surface area contributed by atoms with E-state index in [0.717, 1.165) is 43.1 Å². The number of aromatic nitrogens is 1. The zero-order chi connectivity index (χ0) is 22.0. The Morgan fingerprint density at radius 2 is 2.00 bits per heavy atom. The van der Waals surface area contributed by atoms with Gasteiger partial charge < -0.3 is 19.4 Å². The van der Waals surface area contributed by atoms with Gasteiger partial charge in [-0.2, -0.15) is 5.26 Å². The molecule has 1 saturated heterocycles. The van der Waals surface area contributed by atoms with E-state index in [-0.39, 0.29) is 11.9 Å². The molecular weight excluding hydrogens is 390 g/mol. The number of hydrogen-bond donors (Lipinski definition) is 1. The van der Waals surface area contributed by atoms with Crippen LogP contribution in [0.5, 0.6) is 11.5 Å². The maximum Gasteiger partial charge on any atom is 0.254 e. The number of methoxy groups -OCH3 is 2. The highest BCUT2D eigenvalue weighted by Crippen LogP contribution is 2.31. The second kappa shape index (κ2) is 8.73. The van der Waals surface area contributed by atoms with Gasteiger partial charge in [0.1, 0.15) is 0 Å². The predicted octanol–water partition coefficient (Wildman–Crippen LogP) is 4.60. The molecule has 3 aromatic rings. The van der Waals surface area contributed by atoms with E-state index in [4.69, 9.17) is 14.7 Å². The molecule has 2 heterocycles. The van der Waals surface area contributed by atoms with Crippen LogP contribution in [0, 0.1) is 18.3 Å². The standard InChI is InChI=1S/C25H27N3O3/c1-16-20-9-6-17(15-26)13-22(20)27-21(16)10-8-19-5-4-12-28(19)25(29)18-7-11-23(30-2)24(14-18)31-3/h6-7,9,11,13-14,19,27H,4-5,8,10,12H2,1-3H3/t19-/m0/s1. The molecule has 1 aliphatic heterocycles. The Hall–Kier alpha value is -3.46. The van der Waals surface area contributed by atoms with Crippen LogP contribution in [-0.2, 0) is 6.42 Å². The topological polar surface area (TPSA) is 78.4 Å². The number of likely N-dealkylation sites (tertiary alicyclic amines) is 1. The van der Waals surface area contributed by atoms with Gasteiger partial charge in [-0.3, -0.25) is 4.79 Å². The van der Waals surface area contributed by atoms with Crippen molar-refractivity contribution < 1.29 is 14.3 Å². The zero-order valence-corrected chi connectivity index (χ0v) is 18.2. The summed E-state index contributed by atoms with van der Waals surface area (Å²) in [6.07, 6.45) is 3.79. The van der Waals surface area contributed by atoms with Crippen LogP contribution in [0.2, 0.25) is 0 Å². The highest BCUT2D eigenvalue weighted by atomic mass is 16.5. The summed E-state index contributed by atoms with van der Waals surface area (Å²) in [5, 5.41) is 10.3. The van der Waals surface area contributed by atoms with E-state index in [9.17, 15) is 4.79 Å². The number of carbonyl (C=O) groups is 1. The number of benzene rings is 2. The number of ether oxygens (including phenoxy) is 2. The maximum atomic E-state index is 13.2. The van der Waals surface area contributed by atoms with Crippen LogP contribution in [0.25, 0.3) is 10.9 Å². The Balaban J connectivity index is 1.49. The quantitative estimate of drug-likeness (QED) is 0.636. The van der Waals surface area contributed by atoms with Crippen molar-refractivity contribution in [3.63, 3.8) is 0 Å². The first kappa shape index (κ1) is 20.8. The molecule has 160 valence electrons. The molecule has 1 aliphatic rings. The number of nitrogens with one attached hydrogen (secondary N) is 1. The van der Waals surface area contributed by atoms with Gasteiger partial charge in [-0.05, 0) is 68.5 Å². The molecule has 1 aromatic heterocycles. The summed E-state index contributed by atoms with van der Waals surface area (Å²) in [5.41, 5.74) is 4.67. The van der Waals surface area contributed by atoms with E-state index >= 15 is 0 Å². The van der Waals surface area contributed by atoms with E-state index in [1.54, 1.807) is 32.4 Å². The Morgan fingerprint density at radius 3 is 2.74 bits per heavy atom. The number of nitrogens with zero attached hydrogens (tertiary/aromatic N) is 2. The lowest BCUT2D eigenvalue weighted by Crippen LogP contribution is -2.35. The number of carbonyl (C=O) groups excluding carboxylic acids is 1. The fourth-order valence-corrected chi connectivity index (χ4v) is 4.56. The number of amides is 1. The fraction of sp³-hybridized carbons (Fsp3) is 0.360. The van der Waals surface area contributed by atoms with Crippen molar-refractivity contribution in [1.82, 2.24) is 9.88 Å². The molecule has 31 heavy (non-hydrogen) atoms. The van der Waals surface area contributed by atoms with Gasteiger partial charge in [0, 0.05) is 34.7 Å². The molecule has 0 bridgehead atoms. The van der Waals surface area contributed by atoms with Gasteiger partial charge in [0.15, 0.2) is 11.5 Å². The lowest BCUT2D eigenvalue weighted by molar-refractivity contribution is 0.0730. The third-order valence-electron chi connectivity index (χ3n) is 6.29. The van der Waals surface area contributed by atoms with Gasteiger partial charge in [0.25, 0.3) is 5.91 Å². The number of aromatic amines is 1. The first-order valence-electron chi connectivity index (χ1n) is 10.6. The Morgan fingerprint density at radius 1 is 1.19 bits per heavy atom. The number of rotatable bonds is 6. The van der Waals surface area contributed by atoms with Crippen molar-refractivity contribution in [1.29, 1.82) is 5.26 Å². The minimum atomic E-state index is 0.0375. The second-order valence-corrected chi connectivity index (χ2v) is 8.00.